The van der Waals surface area contributed by atoms with E-state index in [1.807, 2.05) is 56.3 Å². The van der Waals surface area contributed by atoms with Gasteiger partial charge in [0.05, 0.1) is 17.1 Å². The second-order valence-corrected chi connectivity index (χ2v) is 6.47. The lowest BCUT2D eigenvalue weighted by molar-refractivity contribution is 0.0938. The van der Waals surface area contributed by atoms with Crippen LogP contribution in [0.4, 0.5) is 0 Å². The Morgan fingerprint density at radius 2 is 1.88 bits per heavy atom. The van der Waals surface area contributed by atoms with E-state index in [0.29, 0.717) is 5.56 Å². The van der Waals surface area contributed by atoms with Crippen LogP contribution in [-0.2, 0) is 0 Å². The third kappa shape index (κ3) is 2.67. The van der Waals surface area contributed by atoms with Gasteiger partial charge in [-0.15, -0.1) is 0 Å². The van der Waals surface area contributed by atoms with Gasteiger partial charge in [-0.25, -0.2) is 4.98 Å². The molecule has 1 amide bonds. The van der Waals surface area contributed by atoms with Crippen LogP contribution in [0.2, 0.25) is 0 Å². The minimum absolute atomic E-state index is 0.104. The molecule has 0 bridgehead atoms. The summed E-state index contributed by atoms with van der Waals surface area (Å²) in [5.41, 5.74) is 5.88. The van der Waals surface area contributed by atoms with Gasteiger partial charge in [0, 0.05) is 22.2 Å². The molecule has 2 aromatic heterocycles. The topological polar surface area (TPSA) is 73.6 Å². The zero-order valence-electron chi connectivity index (χ0n) is 14.5. The zero-order valence-corrected chi connectivity index (χ0v) is 14.5. The average Bonchev–Trinajstić information content (AvgIpc) is 3.16. The van der Waals surface area contributed by atoms with Crippen molar-refractivity contribution < 1.29 is 4.79 Å². The number of amides is 1. The lowest BCUT2D eigenvalue weighted by atomic mass is 10.1. The van der Waals surface area contributed by atoms with Gasteiger partial charge in [-0.1, -0.05) is 12.1 Å². The van der Waals surface area contributed by atoms with Crippen molar-refractivity contribution in [3.8, 4) is 0 Å². The molecule has 2 aromatic carbocycles. The maximum Gasteiger partial charge on any atom is 0.251 e. The van der Waals surface area contributed by atoms with E-state index >= 15 is 0 Å². The standard InChI is InChI=1S/C20H20N4O/c1-11-12(2)21-16-9-8-14(10-15(11)16)20(25)22-13(3)19-23-17-6-4-5-7-18(17)24-19/h4-10,13,21H,1-3H3,(H,22,25)(H,23,24). The van der Waals surface area contributed by atoms with E-state index in [-0.39, 0.29) is 11.9 Å². The van der Waals surface area contributed by atoms with Crippen LogP contribution < -0.4 is 5.32 Å². The Hall–Kier alpha value is -3.08. The molecule has 1 unspecified atom stereocenters. The third-order valence-electron chi connectivity index (χ3n) is 4.74. The molecule has 0 aliphatic heterocycles. The number of carbonyl (C=O) groups excluding carboxylic acids is 1. The molecule has 1 atom stereocenters. The molecule has 5 heteroatoms. The van der Waals surface area contributed by atoms with Crippen molar-refractivity contribution in [1.82, 2.24) is 20.3 Å². The van der Waals surface area contributed by atoms with Gasteiger partial charge >= 0.3 is 0 Å². The van der Waals surface area contributed by atoms with Gasteiger partial charge in [-0.2, -0.15) is 0 Å². The van der Waals surface area contributed by atoms with Gasteiger partial charge in [0.25, 0.3) is 5.91 Å². The van der Waals surface area contributed by atoms with E-state index in [4.69, 9.17) is 0 Å². The number of imidazole rings is 1. The van der Waals surface area contributed by atoms with Crippen LogP contribution in [0.15, 0.2) is 42.5 Å². The van der Waals surface area contributed by atoms with Crippen LogP contribution in [0.25, 0.3) is 21.9 Å². The third-order valence-corrected chi connectivity index (χ3v) is 4.74. The van der Waals surface area contributed by atoms with Gasteiger partial charge in [-0.3, -0.25) is 4.79 Å². The minimum Gasteiger partial charge on any atom is -0.358 e. The number of nitrogens with zero attached hydrogens (tertiary/aromatic N) is 1. The molecular weight excluding hydrogens is 312 g/mol. The Labute approximate surface area is 145 Å². The van der Waals surface area contributed by atoms with Crippen molar-refractivity contribution in [2.75, 3.05) is 0 Å². The molecule has 0 saturated heterocycles. The monoisotopic (exact) mass is 332 g/mol. The first-order valence-corrected chi connectivity index (χ1v) is 8.37. The number of rotatable bonds is 3. The smallest absolute Gasteiger partial charge is 0.251 e. The molecule has 0 saturated carbocycles. The average molecular weight is 332 g/mol. The molecule has 3 N–H and O–H groups in total. The Morgan fingerprint density at radius 3 is 2.68 bits per heavy atom. The van der Waals surface area contributed by atoms with E-state index in [0.717, 1.165) is 33.5 Å². The molecule has 25 heavy (non-hydrogen) atoms. The number of aromatic nitrogens is 3. The molecule has 0 fully saturated rings. The number of fused-ring (bicyclic) bond motifs is 2. The van der Waals surface area contributed by atoms with Crippen LogP contribution >= 0.6 is 0 Å². The van der Waals surface area contributed by atoms with Crippen molar-refractivity contribution in [3.05, 3.63) is 65.1 Å². The number of hydrogen-bond donors (Lipinski definition) is 3. The molecule has 0 aliphatic rings. The predicted molar refractivity (Wildman–Crippen MR) is 99.7 cm³/mol. The molecule has 2 heterocycles. The first kappa shape index (κ1) is 15.4. The number of nitrogens with one attached hydrogen (secondary N) is 3. The Bertz CT molecular complexity index is 1060. The summed E-state index contributed by atoms with van der Waals surface area (Å²) in [7, 11) is 0. The second-order valence-electron chi connectivity index (χ2n) is 6.47. The molecular formula is C20H20N4O. The van der Waals surface area contributed by atoms with Gasteiger partial charge < -0.3 is 15.3 Å². The van der Waals surface area contributed by atoms with Crippen LogP contribution in [0.1, 0.15) is 40.4 Å². The lowest BCUT2D eigenvalue weighted by Gasteiger charge is -2.11. The Morgan fingerprint density at radius 1 is 1.08 bits per heavy atom. The normalized spacial score (nSPS) is 12.6. The fourth-order valence-electron chi connectivity index (χ4n) is 3.13. The van der Waals surface area contributed by atoms with Crippen LogP contribution in [0.3, 0.4) is 0 Å². The van der Waals surface area contributed by atoms with Crippen molar-refractivity contribution in [3.63, 3.8) is 0 Å². The number of H-pyrrole nitrogens is 2. The summed E-state index contributed by atoms with van der Waals surface area (Å²) < 4.78 is 0. The highest BCUT2D eigenvalue weighted by molar-refractivity contribution is 5.99. The summed E-state index contributed by atoms with van der Waals surface area (Å²) in [6.07, 6.45) is 0. The van der Waals surface area contributed by atoms with Gasteiger partial charge in [-0.05, 0) is 56.7 Å². The summed E-state index contributed by atoms with van der Waals surface area (Å²) in [6.45, 7) is 6.03. The Kier molecular flexibility index (Phi) is 3.57. The number of aromatic amines is 2. The van der Waals surface area contributed by atoms with Crippen LogP contribution in [0, 0.1) is 13.8 Å². The number of hydrogen-bond acceptors (Lipinski definition) is 2. The molecule has 0 radical (unpaired) electrons. The SMILES string of the molecule is Cc1[nH]c2ccc(C(=O)NC(C)c3nc4ccccc4[nH]3)cc2c1C. The molecule has 4 aromatic rings. The largest absolute Gasteiger partial charge is 0.358 e. The van der Waals surface area contributed by atoms with E-state index in [2.05, 4.69) is 27.2 Å². The molecule has 5 nitrogen and oxygen atoms in total. The number of aryl methyl sites for hydroxylation is 2. The van der Waals surface area contributed by atoms with Crippen molar-refractivity contribution in [2.45, 2.75) is 26.8 Å². The minimum atomic E-state index is -0.204. The highest BCUT2D eigenvalue weighted by Crippen LogP contribution is 2.23. The fraction of sp³-hybridized carbons (Fsp3) is 0.200. The summed E-state index contributed by atoms with van der Waals surface area (Å²) in [5, 5.41) is 4.11. The zero-order chi connectivity index (χ0) is 17.6. The van der Waals surface area contributed by atoms with Gasteiger partial charge in [0.1, 0.15) is 5.82 Å². The van der Waals surface area contributed by atoms with Crippen LogP contribution in [0.5, 0.6) is 0 Å². The van der Waals surface area contributed by atoms with Crippen molar-refractivity contribution >= 4 is 27.8 Å². The van der Waals surface area contributed by atoms with E-state index < -0.39 is 0 Å². The predicted octanol–water partition coefficient (Wildman–Crippen LogP) is 4.15. The first-order chi connectivity index (χ1) is 12.0. The molecule has 0 spiro atoms. The van der Waals surface area contributed by atoms with E-state index in [9.17, 15) is 4.79 Å². The van der Waals surface area contributed by atoms with Crippen molar-refractivity contribution in [2.24, 2.45) is 0 Å². The molecule has 126 valence electrons. The highest BCUT2D eigenvalue weighted by atomic mass is 16.1. The van der Waals surface area contributed by atoms with Gasteiger partial charge in [0.15, 0.2) is 0 Å². The number of benzene rings is 2. The summed E-state index contributed by atoms with van der Waals surface area (Å²) in [6, 6.07) is 13.4. The van der Waals surface area contributed by atoms with E-state index in [1.165, 1.54) is 5.56 Å². The maximum absolute atomic E-state index is 12.6. The molecule has 0 aliphatic carbocycles. The highest BCUT2D eigenvalue weighted by Gasteiger charge is 2.16. The lowest BCUT2D eigenvalue weighted by Crippen LogP contribution is -2.27. The Balaban J connectivity index is 1.59. The van der Waals surface area contributed by atoms with E-state index in [1.54, 1.807) is 0 Å². The van der Waals surface area contributed by atoms with Crippen LogP contribution in [-0.4, -0.2) is 20.9 Å². The second kappa shape index (κ2) is 5.77. The first-order valence-electron chi connectivity index (χ1n) is 8.37. The maximum atomic E-state index is 12.6. The van der Waals surface area contributed by atoms with Gasteiger partial charge in [0.2, 0.25) is 0 Å². The van der Waals surface area contributed by atoms with Crippen molar-refractivity contribution in [1.29, 1.82) is 0 Å². The summed E-state index contributed by atoms with van der Waals surface area (Å²) in [4.78, 5) is 23.8. The summed E-state index contributed by atoms with van der Waals surface area (Å²) in [5.74, 6) is 0.650. The molecule has 4 rings (SSSR count). The number of carbonyl (C=O) groups is 1. The quantitative estimate of drug-likeness (QED) is 0.527. The summed E-state index contributed by atoms with van der Waals surface area (Å²) >= 11 is 0. The fourth-order valence-corrected chi connectivity index (χ4v) is 3.13. The number of para-hydroxylation sites is 2.